The van der Waals surface area contributed by atoms with E-state index in [1.165, 1.54) is 0 Å². The summed E-state index contributed by atoms with van der Waals surface area (Å²) in [6, 6.07) is 5.45. The minimum Gasteiger partial charge on any atom is -0.330 e. The summed E-state index contributed by atoms with van der Waals surface area (Å²) < 4.78 is 0. The van der Waals surface area contributed by atoms with Crippen LogP contribution < -0.4 is 11.1 Å². The molecule has 0 radical (unpaired) electrons. The Bertz CT molecular complexity index is 366. The van der Waals surface area contributed by atoms with Crippen LogP contribution in [0.3, 0.4) is 0 Å². The normalized spacial score (nSPS) is 10.2. The number of aryl methyl sites for hydroxylation is 1. The first-order chi connectivity index (χ1) is 7.63. The summed E-state index contributed by atoms with van der Waals surface area (Å²) in [4.78, 5) is 11.6. The molecule has 88 valence electrons. The number of rotatable bonds is 5. The van der Waals surface area contributed by atoms with Gasteiger partial charge in [0, 0.05) is 17.1 Å². The molecule has 3 N–H and O–H groups in total. The lowest BCUT2D eigenvalue weighted by Crippen LogP contribution is -2.12. The Labute approximate surface area is 101 Å². The summed E-state index contributed by atoms with van der Waals surface area (Å²) >= 11 is 5.86. The first-order valence-electron chi connectivity index (χ1n) is 5.39. The zero-order chi connectivity index (χ0) is 12.0. The van der Waals surface area contributed by atoms with Crippen LogP contribution in [0, 0.1) is 6.92 Å². The van der Waals surface area contributed by atoms with Gasteiger partial charge in [0.1, 0.15) is 0 Å². The summed E-state index contributed by atoms with van der Waals surface area (Å²) in [6.45, 7) is 2.56. The molecule has 0 bridgehead atoms. The minimum atomic E-state index is 0.0128. The first kappa shape index (κ1) is 13.0. The molecule has 1 rings (SSSR count). The smallest absolute Gasteiger partial charge is 0.224 e. The SMILES string of the molecule is Cc1ccc(Cl)cc1NC(=O)CCCCN. The van der Waals surface area contributed by atoms with Crippen LogP contribution >= 0.6 is 11.6 Å². The average molecular weight is 241 g/mol. The maximum Gasteiger partial charge on any atom is 0.224 e. The van der Waals surface area contributed by atoms with Crippen molar-refractivity contribution in [2.75, 3.05) is 11.9 Å². The third-order valence-corrected chi connectivity index (χ3v) is 2.57. The number of carbonyl (C=O) groups excluding carboxylic acids is 1. The van der Waals surface area contributed by atoms with Crippen molar-refractivity contribution < 1.29 is 4.79 Å². The van der Waals surface area contributed by atoms with Crippen LogP contribution in [0.15, 0.2) is 18.2 Å². The Hall–Kier alpha value is -1.06. The van der Waals surface area contributed by atoms with E-state index in [9.17, 15) is 4.79 Å². The van der Waals surface area contributed by atoms with Gasteiger partial charge < -0.3 is 11.1 Å². The average Bonchev–Trinajstić information content (AvgIpc) is 2.24. The summed E-state index contributed by atoms with van der Waals surface area (Å²) in [6.07, 6.45) is 2.20. The standard InChI is InChI=1S/C12H17ClN2O/c1-9-5-6-10(13)8-11(9)15-12(16)4-2-3-7-14/h5-6,8H,2-4,7,14H2,1H3,(H,15,16). The molecule has 1 amide bonds. The fourth-order valence-corrected chi connectivity index (χ4v) is 1.54. The quantitative estimate of drug-likeness (QED) is 0.778. The van der Waals surface area contributed by atoms with E-state index in [0.29, 0.717) is 18.0 Å². The molecule has 16 heavy (non-hydrogen) atoms. The van der Waals surface area contributed by atoms with Crippen molar-refractivity contribution in [2.24, 2.45) is 5.73 Å². The van der Waals surface area contributed by atoms with Crippen molar-refractivity contribution in [3.63, 3.8) is 0 Å². The fourth-order valence-electron chi connectivity index (χ4n) is 1.37. The lowest BCUT2D eigenvalue weighted by atomic mass is 10.2. The molecule has 0 aliphatic carbocycles. The van der Waals surface area contributed by atoms with Crippen molar-refractivity contribution in [3.05, 3.63) is 28.8 Å². The van der Waals surface area contributed by atoms with E-state index in [-0.39, 0.29) is 5.91 Å². The van der Waals surface area contributed by atoms with Gasteiger partial charge in [-0.05, 0) is 44.0 Å². The predicted octanol–water partition coefficient (Wildman–Crippen LogP) is 2.72. The van der Waals surface area contributed by atoms with Gasteiger partial charge in [-0.2, -0.15) is 0 Å². The molecule has 0 aromatic heterocycles. The van der Waals surface area contributed by atoms with Gasteiger partial charge in [0.25, 0.3) is 0 Å². The van der Waals surface area contributed by atoms with Gasteiger partial charge in [-0.15, -0.1) is 0 Å². The third kappa shape index (κ3) is 4.21. The fraction of sp³-hybridized carbons (Fsp3) is 0.417. The third-order valence-electron chi connectivity index (χ3n) is 2.33. The van der Waals surface area contributed by atoms with Crippen molar-refractivity contribution in [2.45, 2.75) is 26.2 Å². The number of hydrogen-bond acceptors (Lipinski definition) is 2. The lowest BCUT2D eigenvalue weighted by Gasteiger charge is -2.08. The van der Waals surface area contributed by atoms with E-state index in [4.69, 9.17) is 17.3 Å². The van der Waals surface area contributed by atoms with Crippen LogP contribution in [-0.4, -0.2) is 12.5 Å². The molecule has 0 heterocycles. The second-order valence-electron chi connectivity index (χ2n) is 3.75. The van der Waals surface area contributed by atoms with Crippen LogP contribution in [0.2, 0.25) is 5.02 Å². The van der Waals surface area contributed by atoms with E-state index in [1.54, 1.807) is 12.1 Å². The summed E-state index contributed by atoms with van der Waals surface area (Å²) in [5, 5.41) is 3.47. The Morgan fingerprint density at radius 3 is 2.88 bits per heavy atom. The number of carbonyl (C=O) groups is 1. The van der Waals surface area contributed by atoms with Crippen LogP contribution in [-0.2, 0) is 4.79 Å². The number of nitrogens with two attached hydrogens (primary N) is 1. The highest BCUT2D eigenvalue weighted by Crippen LogP contribution is 2.20. The molecular formula is C12H17ClN2O. The van der Waals surface area contributed by atoms with Crippen molar-refractivity contribution in [3.8, 4) is 0 Å². The number of hydrogen-bond donors (Lipinski definition) is 2. The number of benzene rings is 1. The van der Waals surface area contributed by atoms with Crippen LogP contribution in [0.25, 0.3) is 0 Å². The second kappa shape index (κ2) is 6.51. The number of anilines is 1. The first-order valence-corrected chi connectivity index (χ1v) is 5.77. The van der Waals surface area contributed by atoms with Crippen molar-refractivity contribution in [1.29, 1.82) is 0 Å². The zero-order valence-corrected chi connectivity index (χ0v) is 10.2. The molecule has 0 saturated heterocycles. The van der Waals surface area contributed by atoms with E-state index >= 15 is 0 Å². The molecule has 0 saturated carbocycles. The van der Waals surface area contributed by atoms with Gasteiger partial charge in [0.05, 0.1) is 0 Å². The molecule has 1 aromatic rings. The maximum atomic E-state index is 11.6. The largest absolute Gasteiger partial charge is 0.330 e. The predicted molar refractivity (Wildman–Crippen MR) is 67.7 cm³/mol. The molecule has 0 aliphatic rings. The van der Waals surface area contributed by atoms with Gasteiger partial charge in [-0.25, -0.2) is 0 Å². The molecule has 0 unspecified atom stereocenters. The molecule has 0 aliphatic heterocycles. The Morgan fingerprint density at radius 2 is 2.19 bits per heavy atom. The van der Waals surface area contributed by atoms with Gasteiger partial charge >= 0.3 is 0 Å². The summed E-state index contributed by atoms with van der Waals surface area (Å²) in [7, 11) is 0. The Morgan fingerprint density at radius 1 is 1.44 bits per heavy atom. The van der Waals surface area contributed by atoms with E-state index in [2.05, 4.69) is 5.32 Å². The maximum absolute atomic E-state index is 11.6. The van der Waals surface area contributed by atoms with Crippen molar-refractivity contribution >= 4 is 23.2 Å². The number of unbranched alkanes of at least 4 members (excludes halogenated alkanes) is 1. The highest BCUT2D eigenvalue weighted by atomic mass is 35.5. The van der Waals surface area contributed by atoms with Crippen LogP contribution in [0.1, 0.15) is 24.8 Å². The van der Waals surface area contributed by atoms with Gasteiger partial charge in [-0.3, -0.25) is 4.79 Å². The van der Waals surface area contributed by atoms with Gasteiger partial charge in [0.15, 0.2) is 0 Å². The second-order valence-corrected chi connectivity index (χ2v) is 4.19. The van der Waals surface area contributed by atoms with Crippen molar-refractivity contribution in [1.82, 2.24) is 0 Å². The summed E-state index contributed by atoms with van der Waals surface area (Å²) in [5.41, 5.74) is 7.16. The highest BCUT2D eigenvalue weighted by Gasteiger charge is 2.04. The highest BCUT2D eigenvalue weighted by molar-refractivity contribution is 6.31. The lowest BCUT2D eigenvalue weighted by molar-refractivity contribution is -0.116. The topological polar surface area (TPSA) is 55.1 Å². The minimum absolute atomic E-state index is 0.0128. The number of nitrogens with one attached hydrogen (secondary N) is 1. The number of amides is 1. The van der Waals surface area contributed by atoms with E-state index < -0.39 is 0 Å². The van der Waals surface area contributed by atoms with Crippen LogP contribution in [0.5, 0.6) is 0 Å². The Kier molecular flexibility index (Phi) is 5.29. The molecular weight excluding hydrogens is 224 g/mol. The van der Waals surface area contributed by atoms with Crippen LogP contribution in [0.4, 0.5) is 5.69 Å². The molecule has 3 nitrogen and oxygen atoms in total. The Balaban J connectivity index is 2.52. The molecule has 4 heteroatoms. The molecule has 0 spiro atoms. The molecule has 0 atom stereocenters. The summed E-state index contributed by atoms with van der Waals surface area (Å²) in [5.74, 6) is 0.0128. The molecule has 1 aromatic carbocycles. The monoisotopic (exact) mass is 240 g/mol. The number of halogens is 1. The zero-order valence-electron chi connectivity index (χ0n) is 9.42. The van der Waals surface area contributed by atoms with E-state index in [0.717, 1.165) is 24.1 Å². The van der Waals surface area contributed by atoms with E-state index in [1.807, 2.05) is 13.0 Å². The molecule has 0 fully saturated rings. The van der Waals surface area contributed by atoms with Gasteiger partial charge in [0.2, 0.25) is 5.91 Å². The van der Waals surface area contributed by atoms with Gasteiger partial charge in [-0.1, -0.05) is 17.7 Å².